The van der Waals surface area contributed by atoms with Crippen molar-refractivity contribution in [2.75, 3.05) is 31.1 Å². The molecule has 1 amide bonds. The average Bonchev–Trinajstić information content (AvgIpc) is 2.46. The Kier molecular flexibility index (Phi) is 4.27. The lowest BCUT2D eigenvalue weighted by atomic mass is 10.1. The van der Waals surface area contributed by atoms with Crippen LogP contribution in [0.2, 0.25) is 0 Å². The molecule has 1 aliphatic rings. The van der Waals surface area contributed by atoms with Gasteiger partial charge in [-0.3, -0.25) is 9.59 Å². The number of carboxylic acids is 1. The number of aliphatic carboxylic acids is 1. The number of amides is 1. The summed E-state index contributed by atoms with van der Waals surface area (Å²) < 4.78 is 0. The van der Waals surface area contributed by atoms with E-state index in [1.807, 2.05) is 12.1 Å². The van der Waals surface area contributed by atoms with Gasteiger partial charge in [0.25, 0.3) is 0 Å². The van der Waals surface area contributed by atoms with Gasteiger partial charge in [-0.05, 0) is 25.5 Å². The molecule has 1 unspecified atom stereocenters. The first kappa shape index (κ1) is 14.4. The number of carbonyl (C=O) groups excluding carboxylic acids is 1. The fourth-order valence-corrected chi connectivity index (χ4v) is 2.47. The van der Waals surface area contributed by atoms with Crippen LogP contribution in [0.25, 0.3) is 0 Å². The third-order valence-electron chi connectivity index (χ3n) is 3.79. The Hall–Kier alpha value is -2.04. The Balaban J connectivity index is 1.98. The highest BCUT2D eigenvalue weighted by Gasteiger charge is 2.28. The first-order valence-corrected chi connectivity index (χ1v) is 6.83. The van der Waals surface area contributed by atoms with Gasteiger partial charge in [0, 0.05) is 31.9 Å². The SMILES string of the molecule is Cc1ccccc1N1CCN(C(=O)C(C)C(=O)O)CC1. The predicted molar refractivity (Wildman–Crippen MR) is 76.8 cm³/mol. The van der Waals surface area contributed by atoms with Crippen LogP contribution in [0.1, 0.15) is 12.5 Å². The fourth-order valence-electron chi connectivity index (χ4n) is 2.47. The second kappa shape index (κ2) is 5.94. The van der Waals surface area contributed by atoms with Gasteiger partial charge in [-0.2, -0.15) is 0 Å². The molecule has 1 saturated heterocycles. The van der Waals surface area contributed by atoms with Crippen molar-refractivity contribution in [3.05, 3.63) is 29.8 Å². The second-order valence-corrected chi connectivity index (χ2v) is 5.16. The number of hydrogen-bond acceptors (Lipinski definition) is 3. The third-order valence-corrected chi connectivity index (χ3v) is 3.79. The minimum atomic E-state index is -1.06. The quantitative estimate of drug-likeness (QED) is 0.847. The lowest BCUT2D eigenvalue weighted by Crippen LogP contribution is -2.51. The van der Waals surface area contributed by atoms with Crippen LogP contribution >= 0.6 is 0 Å². The van der Waals surface area contributed by atoms with E-state index in [1.54, 1.807) is 4.90 Å². The van der Waals surface area contributed by atoms with Crippen molar-refractivity contribution in [1.82, 2.24) is 4.90 Å². The van der Waals surface area contributed by atoms with Crippen LogP contribution in [0.4, 0.5) is 5.69 Å². The van der Waals surface area contributed by atoms with Crippen molar-refractivity contribution in [1.29, 1.82) is 0 Å². The molecule has 5 nitrogen and oxygen atoms in total. The Labute approximate surface area is 118 Å². The van der Waals surface area contributed by atoms with Crippen LogP contribution in [0.15, 0.2) is 24.3 Å². The fraction of sp³-hybridized carbons (Fsp3) is 0.467. The summed E-state index contributed by atoms with van der Waals surface area (Å²) in [6.45, 7) is 6.14. The molecule has 1 aromatic carbocycles. The minimum Gasteiger partial charge on any atom is -0.481 e. The standard InChI is InChI=1S/C15H20N2O3/c1-11-5-3-4-6-13(11)16-7-9-17(10-8-16)14(18)12(2)15(19)20/h3-6,12H,7-10H2,1-2H3,(H,19,20). The van der Waals surface area contributed by atoms with Gasteiger partial charge in [-0.15, -0.1) is 0 Å². The van der Waals surface area contributed by atoms with Crippen molar-refractivity contribution in [3.63, 3.8) is 0 Å². The van der Waals surface area contributed by atoms with Gasteiger partial charge in [0.05, 0.1) is 0 Å². The number of piperazine rings is 1. The zero-order valence-electron chi connectivity index (χ0n) is 11.9. The van der Waals surface area contributed by atoms with Crippen LogP contribution in [0.5, 0.6) is 0 Å². The highest BCUT2D eigenvalue weighted by Crippen LogP contribution is 2.21. The summed E-state index contributed by atoms with van der Waals surface area (Å²) in [6, 6.07) is 8.16. The van der Waals surface area contributed by atoms with Crippen LogP contribution < -0.4 is 4.90 Å². The molecule has 2 rings (SSSR count). The number of benzene rings is 1. The summed E-state index contributed by atoms with van der Waals surface area (Å²) in [5, 5.41) is 8.89. The molecular weight excluding hydrogens is 256 g/mol. The van der Waals surface area contributed by atoms with Gasteiger partial charge < -0.3 is 14.9 Å². The molecule has 0 bridgehead atoms. The molecule has 1 atom stereocenters. The van der Waals surface area contributed by atoms with Crippen molar-refractivity contribution in [3.8, 4) is 0 Å². The van der Waals surface area contributed by atoms with Crippen molar-refractivity contribution in [2.45, 2.75) is 13.8 Å². The molecule has 0 spiro atoms. The normalized spacial score (nSPS) is 16.9. The van der Waals surface area contributed by atoms with Gasteiger partial charge >= 0.3 is 5.97 Å². The zero-order chi connectivity index (χ0) is 14.7. The first-order chi connectivity index (χ1) is 9.50. The van der Waals surface area contributed by atoms with Gasteiger partial charge in [-0.25, -0.2) is 0 Å². The molecule has 0 aliphatic carbocycles. The summed E-state index contributed by atoms with van der Waals surface area (Å²) in [6.07, 6.45) is 0. The Morgan fingerprint density at radius 3 is 2.30 bits per heavy atom. The summed E-state index contributed by atoms with van der Waals surface area (Å²) in [5.74, 6) is -2.31. The monoisotopic (exact) mass is 276 g/mol. The molecule has 1 N–H and O–H groups in total. The summed E-state index contributed by atoms with van der Waals surface area (Å²) >= 11 is 0. The topological polar surface area (TPSA) is 60.9 Å². The number of anilines is 1. The lowest BCUT2D eigenvalue weighted by molar-refractivity contribution is -0.150. The van der Waals surface area contributed by atoms with Gasteiger partial charge in [0.15, 0.2) is 0 Å². The molecule has 1 fully saturated rings. The molecule has 5 heteroatoms. The number of carbonyl (C=O) groups is 2. The van der Waals surface area contributed by atoms with E-state index in [-0.39, 0.29) is 5.91 Å². The number of nitrogens with zero attached hydrogens (tertiary/aromatic N) is 2. The van der Waals surface area contributed by atoms with Crippen LogP contribution in [-0.4, -0.2) is 48.1 Å². The van der Waals surface area contributed by atoms with E-state index >= 15 is 0 Å². The molecule has 0 saturated carbocycles. The Morgan fingerprint density at radius 1 is 1.15 bits per heavy atom. The maximum Gasteiger partial charge on any atom is 0.315 e. The maximum absolute atomic E-state index is 12.0. The predicted octanol–water partition coefficient (Wildman–Crippen LogP) is 1.36. The zero-order valence-corrected chi connectivity index (χ0v) is 11.9. The largest absolute Gasteiger partial charge is 0.481 e. The average molecular weight is 276 g/mol. The Morgan fingerprint density at radius 2 is 1.75 bits per heavy atom. The van der Waals surface area contributed by atoms with E-state index in [9.17, 15) is 9.59 Å². The number of rotatable bonds is 3. The van der Waals surface area contributed by atoms with Crippen LogP contribution in [0, 0.1) is 12.8 Å². The van der Waals surface area contributed by atoms with Crippen LogP contribution in [0.3, 0.4) is 0 Å². The lowest BCUT2D eigenvalue weighted by Gasteiger charge is -2.37. The second-order valence-electron chi connectivity index (χ2n) is 5.16. The van der Waals surface area contributed by atoms with E-state index in [0.717, 1.165) is 13.1 Å². The smallest absolute Gasteiger partial charge is 0.315 e. The third kappa shape index (κ3) is 2.92. The maximum atomic E-state index is 12.0. The number of carboxylic acid groups (broad SMARTS) is 1. The van der Waals surface area contributed by atoms with Crippen molar-refractivity contribution in [2.24, 2.45) is 5.92 Å². The molecule has 0 radical (unpaired) electrons. The Bertz CT molecular complexity index is 508. The van der Waals surface area contributed by atoms with E-state index in [0.29, 0.717) is 13.1 Å². The molecule has 1 aromatic rings. The van der Waals surface area contributed by atoms with Gasteiger partial charge in [0.1, 0.15) is 5.92 Å². The number of para-hydroxylation sites is 1. The summed E-state index contributed by atoms with van der Waals surface area (Å²) in [7, 11) is 0. The summed E-state index contributed by atoms with van der Waals surface area (Å²) in [4.78, 5) is 26.7. The molecule has 20 heavy (non-hydrogen) atoms. The van der Waals surface area contributed by atoms with E-state index in [2.05, 4.69) is 24.0 Å². The molecule has 1 heterocycles. The molecular formula is C15H20N2O3. The van der Waals surface area contributed by atoms with E-state index in [4.69, 9.17) is 5.11 Å². The van der Waals surface area contributed by atoms with E-state index in [1.165, 1.54) is 18.2 Å². The highest BCUT2D eigenvalue weighted by molar-refractivity contribution is 5.96. The highest BCUT2D eigenvalue weighted by atomic mass is 16.4. The number of hydrogen-bond donors (Lipinski definition) is 1. The van der Waals surface area contributed by atoms with Crippen LogP contribution in [-0.2, 0) is 9.59 Å². The first-order valence-electron chi connectivity index (χ1n) is 6.83. The van der Waals surface area contributed by atoms with Crippen molar-refractivity contribution >= 4 is 17.6 Å². The van der Waals surface area contributed by atoms with E-state index < -0.39 is 11.9 Å². The minimum absolute atomic E-state index is 0.290. The molecule has 108 valence electrons. The van der Waals surface area contributed by atoms with Gasteiger partial charge in [-0.1, -0.05) is 18.2 Å². The van der Waals surface area contributed by atoms with Gasteiger partial charge in [0.2, 0.25) is 5.91 Å². The van der Waals surface area contributed by atoms with Crippen molar-refractivity contribution < 1.29 is 14.7 Å². The summed E-state index contributed by atoms with van der Waals surface area (Å²) in [5.41, 5.74) is 2.40. The number of aryl methyl sites for hydroxylation is 1. The molecule has 0 aromatic heterocycles. The molecule has 1 aliphatic heterocycles.